The smallest absolute Gasteiger partial charge is 0.332 e. The predicted molar refractivity (Wildman–Crippen MR) is 161 cm³/mol. The molecule has 4 amide bonds. The maximum atomic E-state index is 14.3. The van der Waals surface area contributed by atoms with Crippen LogP contribution >= 0.6 is 23.2 Å². The average molecular weight is 599 g/mol. The van der Waals surface area contributed by atoms with Gasteiger partial charge in [-0.1, -0.05) is 73.9 Å². The minimum Gasteiger partial charge on any atom is -0.339 e. The Kier molecular flexibility index (Phi) is 10.3. The summed E-state index contributed by atoms with van der Waals surface area (Å²) in [6.45, 7) is 1.12. The lowest BCUT2D eigenvalue weighted by Gasteiger charge is -2.33. The van der Waals surface area contributed by atoms with Crippen LogP contribution in [0.2, 0.25) is 10.0 Å². The highest BCUT2D eigenvalue weighted by molar-refractivity contribution is 6.35. The van der Waals surface area contributed by atoms with E-state index in [1.165, 1.54) is 42.4 Å². The highest BCUT2D eigenvalue weighted by Crippen LogP contribution is 2.46. The van der Waals surface area contributed by atoms with E-state index in [9.17, 15) is 19.6 Å². The van der Waals surface area contributed by atoms with Gasteiger partial charge < -0.3 is 15.5 Å². The van der Waals surface area contributed by atoms with Crippen LogP contribution in [0.1, 0.15) is 74.8 Å². The van der Waals surface area contributed by atoms with Crippen LogP contribution in [0.5, 0.6) is 0 Å². The van der Waals surface area contributed by atoms with E-state index in [1.807, 2.05) is 0 Å². The van der Waals surface area contributed by atoms with Gasteiger partial charge in [0.05, 0.1) is 23.9 Å². The van der Waals surface area contributed by atoms with Crippen molar-refractivity contribution in [1.82, 2.24) is 9.80 Å². The number of carbonyl (C=O) groups is 3. The summed E-state index contributed by atoms with van der Waals surface area (Å²) in [5.74, 6) is -0.933. The lowest BCUT2D eigenvalue weighted by atomic mass is 9.80. The van der Waals surface area contributed by atoms with Crippen LogP contribution in [-0.4, -0.2) is 59.9 Å². The molecule has 41 heavy (non-hydrogen) atoms. The number of hydrogen-bond acceptors (Lipinski definition) is 5. The molecule has 2 fully saturated rings. The van der Waals surface area contributed by atoms with E-state index in [4.69, 9.17) is 28.9 Å². The summed E-state index contributed by atoms with van der Waals surface area (Å²) in [4.78, 5) is 45.5. The van der Waals surface area contributed by atoms with Crippen molar-refractivity contribution in [3.63, 3.8) is 0 Å². The molecule has 0 aliphatic carbocycles. The molecule has 2 aliphatic heterocycles. The fraction of sp³-hybridized carbons (Fsp3) is 0.484. The van der Waals surface area contributed by atoms with E-state index in [2.05, 4.69) is 6.07 Å². The molecule has 1 spiro atoms. The maximum absolute atomic E-state index is 14.3. The number of halogens is 2. The van der Waals surface area contributed by atoms with Crippen molar-refractivity contribution in [1.29, 1.82) is 5.26 Å². The number of imide groups is 1. The van der Waals surface area contributed by atoms with Gasteiger partial charge in [0.15, 0.2) is 0 Å². The number of rotatable bonds is 12. The number of urea groups is 1. The molecule has 2 N–H and O–H groups in total. The minimum absolute atomic E-state index is 0.0265. The zero-order valence-electron chi connectivity index (χ0n) is 23.5. The highest BCUT2D eigenvalue weighted by atomic mass is 35.5. The van der Waals surface area contributed by atoms with Crippen LogP contribution in [0.4, 0.5) is 10.5 Å². The van der Waals surface area contributed by atoms with E-state index >= 15 is 0 Å². The monoisotopic (exact) mass is 597 g/mol. The van der Waals surface area contributed by atoms with Gasteiger partial charge in [-0.05, 0) is 55.3 Å². The fourth-order valence-corrected chi connectivity index (χ4v) is 6.55. The number of hydrogen-bond donors (Lipinski definition) is 1. The molecule has 0 saturated carbocycles. The normalized spacial score (nSPS) is 20.4. The second-order valence-electron chi connectivity index (χ2n) is 11.0. The van der Waals surface area contributed by atoms with Crippen molar-refractivity contribution in [2.45, 2.75) is 69.2 Å². The molecular weight excluding hydrogens is 561 g/mol. The summed E-state index contributed by atoms with van der Waals surface area (Å²) in [5.41, 5.74) is 5.80. The van der Waals surface area contributed by atoms with Crippen LogP contribution in [0, 0.1) is 11.3 Å². The number of likely N-dealkylation sites (tertiary alicyclic amines) is 1. The number of carbonyl (C=O) groups excluding carboxylic acids is 3. The van der Waals surface area contributed by atoms with Gasteiger partial charge in [-0.25, -0.2) is 9.69 Å². The van der Waals surface area contributed by atoms with Gasteiger partial charge in [-0.15, -0.1) is 0 Å². The summed E-state index contributed by atoms with van der Waals surface area (Å²) in [6, 6.07) is 13.2. The number of unbranched alkanes of at least 4 members (excludes halogenated alkanes) is 7. The molecule has 4 rings (SSSR count). The second-order valence-corrected chi connectivity index (χ2v) is 11.8. The Morgan fingerprint density at radius 2 is 1.56 bits per heavy atom. The van der Waals surface area contributed by atoms with Gasteiger partial charge in [0.2, 0.25) is 5.91 Å². The zero-order chi connectivity index (χ0) is 29.6. The van der Waals surface area contributed by atoms with Gasteiger partial charge in [-0.3, -0.25) is 9.59 Å². The first kappa shape index (κ1) is 30.8. The summed E-state index contributed by atoms with van der Waals surface area (Å²) in [7, 11) is 1.60. The first-order chi connectivity index (χ1) is 19.7. The predicted octanol–water partition coefficient (Wildman–Crippen LogP) is 6.10. The molecule has 2 saturated heterocycles. The Balaban J connectivity index is 1.53. The number of nitrogens with zero attached hydrogens (tertiary/aromatic N) is 4. The maximum Gasteiger partial charge on any atom is 0.332 e. The van der Waals surface area contributed by atoms with Gasteiger partial charge >= 0.3 is 6.03 Å². The van der Waals surface area contributed by atoms with E-state index in [-0.39, 0.29) is 18.1 Å². The molecule has 2 atom stereocenters. The molecule has 2 heterocycles. The SMILES string of the molecule is CN1C(=O)N(c2cc(Cl)cc(Cl)c2)C(=O)[C@]12CN(C(=O)CCCCCCCCCCN)C[C@H]2c1ccc(C#N)cc1. The average Bonchev–Trinajstić information content (AvgIpc) is 3.44. The number of nitrogens with two attached hydrogens (primary N) is 1. The third-order valence-corrected chi connectivity index (χ3v) is 8.74. The van der Waals surface area contributed by atoms with Crippen molar-refractivity contribution in [3.8, 4) is 6.07 Å². The zero-order valence-corrected chi connectivity index (χ0v) is 25.0. The molecule has 0 unspecified atom stereocenters. The lowest BCUT2D eigenvalue weighted by Crippen LogP contribution is -2.54. The van der Waals surface area contributed by atoms with Crippen LogP contribution in [0.3, 0.4) is 0 Å². The number of likely N-dealkylation sites (N-methyl/N-ethyl adjacent to an activating group) is 1. The second kappa shape index (κ2) is 13.7. The summed E-state index contributed by atoms with van der Waals surface area (Å²) in [6.07, 6.45) is 9.00. The first-order valence-corrected chi connectivity index (χ1v) is 15.0. The molecule has 0 aromatic heterocycles. The van der Waals surface area contributed by atoms with Crippen molar-refractivity contribution < 1.29 is 14.4 Å². The van der Waals surface area contributed by atoms with Gasteiger partial charge in [-0.2, -0.15) is 5.26 Å². The van der Waals surface area contributed by atoms with Crippen molar-refractivity contribution in [3.05, 3.63) is 63.6 Å². The lowest BCUT2D eigenvalue weighted by molar-refractivity contribution is -0.131. The first-order valence-electron chi connectivity index (χ1n) is 14.3. The Labute approximate surface area is 252 Å². The summed E-state index contributed by atoms with van der Waals surface area (Å²) >= 11 is 12.4. The quantitative estimate of drug-likeness (QED) is 0.235. The Morgan fingerprint density at radius 1 is 0.976 bits per heavy atom. The molecule has 0 bridgehead atoms. The van der Waals surface area contributed by atoms with E-state index in [1.54, 1.807) is 36.2 Å². The van der Waals surface area contributed by atoms with E-state index in [0.717, 1.165) is 49.1 Å². The molecule has 2 aromatic rings. The van der Waals surface area contributed by atoms with E-state index < -0.39 is 23.4 Å². The minimum atomic E-state index is -1.31. The number of benzene rings is 2. The number of anilines is 1. The van der Waals surface area contributed by atoms with Crippen LogP contribution < -0.4 is 10.6 Å². The summed E-state index contributed by atoms with van der Waals surface area (Å²) < 4.78 is 0. The van der Waals surface area contributed by atoms with Crippen molar-refractivity contribution in [2.75, 3.05) is 31.6 Å². The fourth-order valence-electron chi connectivity index (χ4n) is 6.03. The largest absolute Gasteiger partial charge is 0.339 e. The third kappa shape index (κ3) is 6.53. The molecule has 2 aliphatic rings. The number of amides is 4. The number of nitriles is 1. The topological polar surface area (TPSA) is 111 Å². The molecule has 0 radical (unpaired) electrons. The standard InChI is InChI=1S/C31H37Cl2N5O3/c1-36-30(41)38(26-17-24(32)16-25(33)18-26)29(40)31(36)21-37(20-27(31)23-13-11-22(19-35)12-14-23)28(39)10-8-6-4-2-3-5-7-9-15-34/h11-14,16-18,27H,2-10,15,20-21,34H2,1H3/t27-,31+/m0/s1. The van der Waals surface area contributed by atoms with Gasteiger partial charge in [0.25, 0.3) is 5.91 Å². The Morgan fingerprint density at radius 3 is 2.15 bits per heavy atom. The molecular formula is C31H37Cl2N5O3. The van der Waals surface area contributed by atoms with Gasteiger partial charge in [0, 0.05) is 36.0 Å². The van der Waals surface area contributed by atoms with Crippen molar-refractivity contribution in [2.24, 2.45) is 5.73 Å². The van der Waals surface area contributed by atoms with Gasteiger partial charge in [0.1, 0.15) is 5.54 Å². The summed E-state index contributed by atoms with van der Waals surface area (Å²) in [5, 5.41) is 9.89. The molecule has 8 nitrogen and oxygen atoms in total. The Bertz CT molecular complexity index is 1290. The van der Waals surface area contributed by atoms with E-state index in [0.29, 0.717) is 28.6 Å². The molecule has 10 heteroatoms. The third-order valence-electron chi connectivity index (χ3n) is 8.31. The highest BCUT2D eigenvalue weighted by Gasteiger charge is 2.64. The van der Waals surface area contributed by atoms with Crippen LogP contribution in [-0.2, 0) is 9.59 Å². The van der Waals surface area contributed by atoms with Crippen LogP contribution in [0.25, 0.3) is 0 Å². The van der Waals surface area contributed by atoms with Crippen LogP contribution in [0.15, 0.2) is 42.5 Å². The Hall–Kier alpha value is -3.12. The molecule has 218 valence electrons. The molecule has 2 aromatic carbocycles. The van der Waals surface area contributed by atoms with Crippen molar-refractivity contribution >= 4 is 46.7 Å².